The van der Waals surface area contributed by atoms with Crippen LogP contribution in [0.2, 0.25) is 0 Å². The van der Waals surface area contributed by atoms with Gasteiger partial charge in [0.05, 0.1) is 17.3 Å². The van der Waals surface area contributed by atoms with E-state index in [0.717, 1.165) is 38.2 Å². The van der Waals surface area contributed by atoms with Crippen molar-refractivity contribution < 1.29 is 9.53 Å². The molecule has 3 rings (SSSR count). The van der Waals surface area contributed by atoms with E-state index < -0.39 is 0 Å². The van der Waals surface area contributed by atoms with E-state index in [9.17, 15) is 4.79 Å². The van der Waals surface area contributed by atoms with Gasteiger partial charge in [-0.05, 0) is 19.8 Å². The third kappa shape index (κ3) is 3.12. The first kappa shape index (κ1) is 14.9. The van der Waals surface area contributed by atoms with Crippen LogP contribution >= 0.6 is 11.3 Å². The fourth-order valence-electron chi connectivity index (χ4n) is 3.52. The summed E-state index contributed by atoms with van der Waals surface area (Å²) < 4.78 is 5.90. The van der Waals surface area contributed by atoms with Crippen LogP contribution in [-0.4, -0.2) is 48.6 Å². The highest BCUT2D eigenvalue weighted by Gasteiger charge is 2.41. The van der Waals surface area contributed by atoms with Crippen molar-refractivity contribution in [3.8, 4) is 0 Å². The van der Waals surface area contributed by atoms with Gasteiger partial charge in [0, 0.05) is 50.0 Å². The summed E-state index contributed by atoms with van der Waals surface area (Å²) in [6.45, 7) is 5.71. The SMILES string of the molecule is CNC(=O)[C@@H]1CCO[C@@H]2CCN(Cc3scnc3C)C[C@H]21. The summed E-state index contributed by atoms with van der Waals surface area (Å²) in [5.74, 6) is 0.587. The molecule has 0 aromatic carbocycles. The molecule has 1 aromatic heterocycles. The number of aryl methyl sites for hydroxylation is 1. The third-order valence-electron chi connectivity index (χ3n) is 4.75. The maximum Gasteiger partial charge on any atom is 0.223 e. The van der Waals surface area contributed by atoms with Gasteiger partial charge in [-0.1, -0.05) is 0 Å². The van der Waals surface area contributed by atoms with Crippen molar-refractivity contribution in [2.75, 3.05) is 26.7 Å². The number of fused-ring (bicyclic) bond motifs is 1. The van der Waals surface area contributed by atoms with Crippen molar-refractivity contribution in [2.24, 2.45) is 11.8 Å². The Morgan fingerprint density at radius 3 is 3.14 bits per heavy atom. The molecule has 2 aliphatic rings. The molecule has 0 saturated carbocycles. The van der Waals surface area contributed by atoms with Crippen LogP contribution in [0.15, 0.2) is 5.51 Å². The lowest BCUT2D eigenvalue weighted by Crippen LogP contribution is -2.52. The van der Waals surface area contributed by atoms with Gasteiger partial charge in [0.25, 0.3) is 0 Å². The maximum absolute atomic E-state index is 12.1. The Morgan fingerprint density at radius 1 is 1.57 bits per heavy atom. The van der Waals surface area contributed by atoms with E-state index >= 15 is 0 Å². The van der Waals surface area contributed by atoms with Gasteiger partial charge in [0.15, 0.2) is 0 Å². The Labute approximate surface area is 129 Å². The standard InChI is InChI=1S/C15H23N3O2S/c1-10-14(21-9-17-10)8-18-5-3-13-12(7-18)11(4-6-20-13)15(19)16-2/h9,11-13H,3-8H2,1-2H3,(H,16,19)/t11-,12+,13-/m1/s1. The highest BCUT2D eigenvalue weighted by molar-refractivity contribution is 7.09. The second-order valence-electron chi connectivity index (χ2n) is 5.97. The number of ether oxygens (including phenoxy) is 1. The fraction of sp³-hybridized carbons (Fsp3) is 0.733. The largest absolute Gasteiger partial charge is 0.378 e. The van der Waals surface area contributed by atoms with Crippen LogP contribution < -0.4 is 5.32 Å². The average molecular weight is 309 g/mol. The van der Waals surface area contributed by atoms with Crippen LogP contribution in [0.1, 0.15) is 23.4 Å². The highest BCUT2D eigenvalue weighted by Crippen LogP contribution is 2.34. The van der Waals surface area contributed by atoms with Gasteiger partial charge >= 0.3 is 0 Å². The zero-order chi connectivity index (χ0) is 14.8. The molecule has 2 aliphatic heterocycles. The Bertz CT molecular complexity index is 505. The third-order valence-corrected chi connectivity index (χ3v) is 5.67. The number of thiazole rings is 1. The number of nitrogens with zero attached hydrogens (tertiary/aromatic N) is 2. The zero-order valence-electron chi connectivity index (χ0n) is 12.7. The van der Waals surface area contributed by atoms with Gasteiger partial charge in [0.1, 0.15) is 0 Å². The van der Waals surface area contributed by atoms with Gasteiger partial charge < -0.3 is 10.1 Å². The van der Waals surface area contributed by atoms with Crippen molar-refractivity contribution in [1.29, 1.82) is 0 Å². The molecular weight excluding hydrogens is 286 g/mol. The number of hydrogen-bond acceptors (Lipinski definition) is 5. The molecule has 1 N–H and O–H groups in total. The normalized spacial score (nSPS) is 29.9. The summed E-state index contributed by atoms with van der Waals surface area (Å²) in [4.78, 5) is 20.2. The first-order valence-electron chi connectivity index (χ1n) is 7.63. The molecule has 0 radical (unpaired) electrons. The summed E-state index contributed by atoms with van der Waals surface area (Å²) in [5.41, 5.74) is 3.04. The first-order chi connectivity index (χ1) is 10.2. The number of likely N-dealkylation sites (tertiary alicyclic amines) is 1. The molecule has 0 spiro atoms. The molecule has 116 valence electrons. The number of aromatic nitrogens is 1. The predicted octanol–water partition coefficient (Wildman–Crippen LogP) is 1.42. The van der Waals surface area contributed by atoms with Gasteiger partial charge in [0.2, 0.25) is 5.91 Å². The Kier molecular flexibility index (Phi) is 4.57. The van der Waals surface area contributed by atoms with E-state index in [1.807, 2.05) is 5.51 Å². The van der Waals surface area contributed by atoms with Crippen LogP contribution in [0.25, 0.3) is 0 Å². The van der Waals surface area contributed by atoms with Crippen molar-refractivity contribution in [3.05, 3.63) is 16.1 Å². The number of nitrogens with one attached hydrogen (secondary N) is 1. The monoisotopic (exact) mass is 309 g/mol. The van der Waals surface area contributed by atoms with Crippen molar-refractivity contribution in [2.45, 2.75) is 32.4 Å². The van der Waals surface area contributed by atoms with Crippen LogP contribution in [0.3, 0.4) is 0 Å². The smallest absolute Gasteiger partial charge is 0.223 e. The summed E-state index contributed by atoms with van der Waals surface area (Å²) in [6.07, 6.45) is 2.12. The number of rotatable bonds is 3. The lowest BCUT2D eigenvalue weighted by Gasteiger charge is -2.44. The number of carbonyl (C=O) groups excluding carboxylic acids is 1. The Balaban J connectivity index is 1.68. The molecule has 0 bridgehead atoms. The molecule has 3 heterocycles. The van der Waals surface area contributed by atoms with E-state index in [-0.39, 0.29) is 17.9 Å². The molecule has 5 nitrogen and oxygen atoms in total. The lowest BCUT2D eigenvalue weighted by molar-refractivity contribution is -0.141. The number of amides is 1. The van der Waals surface area contributed by atoms with Crippen LogP contribution in [-0.2, 0) is 16.1 Å². The van der Waals surface area contributed by atoms with Gasteiger partial charge in [-0.2, -0.15) is 0 Å². The minimum atomic E-state index is 0.0964. The van der Waals surface area contributed by atoms with Crippen molar-refractivity contribution in [3.63, 3.8) is 0 Å². The molecule has 3 atom stereocenters. The minimum Gasteiger partial charge on any atom is -0.378 e. The highest BCUT2D eigenvalue weighted by atomic mass is 32.1. The summed E-state index contributed by atoms with van der Waals surface area (Å²) in [7, 11) is 1.73. The number of piperidine rings is 1. The van der Waals surface area contributed by atoms with E-state index in [1.165, 1.54) is 4.88 Å². The molecule has 21 heavy (non-hydrogen) atoms. The maximum atomic E-state index is 12.1. The zero-order valence-corrected chi connectivity index (χ0v) is 13.5. The van der Waals surface area contributed by atoms with E-state index in [1.54, 1.807) is 18.4 Å². The van der Waals surface area contributed by atoms with Crippen LogP contribution in [0, 0.1) is 18.8 Å². The van der Waals surface area contributed by atoms with E-state index in [0.29, 0.717) is 12.5 Å². The van der Waals surface area contributed by atoms with Crippen LogP contribution in [0.4, 0.5) is 0 Å². The van der Waals surface area contributed by atoms with Gasteiger partial charge in [-0.15, -0.1) is 11.3 Å². The van der Waals surface area contributed by atoms with Gasteiger partial charge in [-0.3, -0.25) is 9.69 Å². The second-order valence-corrected chi connectivity index (χ2v) is 6.91. The van der Waals surface area contributed by atoms with Crippen molar-refractivity contribution in [1.82, 2.24) is 15.2 Å². The summed E-state index contributed by atoms with van der Waals surface area (Å²) >= 11 is 1.72. The second kappa shape index (κ2) is 6.42. The Hall–Kier alpha value is -0.980. The molecule has 2 saturated heterocycles. The first-order valence-corrected chi connectivity index (χ1v) is 8.51. The number of hydrogen-bond donors (Lipinski definition) is 1. The van der Waals surface area contributed by atoms with Crippen molar-refractivity contribution >= 4 is 17.2 Å². The summed E-state index contributed by atoms with van der Waals surface area (Å²) in [5, 5.41) is 2.82. The molecule has 2 fully saturated rings. The average Bonchev–Trinajstić information content (AvgIpc) is 2.91. The quantitative estimate of drug-likeness (QED) is 0.917. The lowest BCUT2D eigenvalue weighted by atomic mass is 9.79. The molecule has 0 aliphatic carbocycles. The van der Waals surface area contributed by atoms with Crippen LogP contribution in [0.5, 0.6) is 0 Å². The molecule has 0 unspecified atom stereocenters. The van der Waals surface area contributed by atoms with E-state index in [2.05, 4.69) is 22.1 Å². The molecule has 6 heteroatoms. The number of carbonyl (C=O) groups is 1. The van der Waals surface area contributed by atoms with E-state index in [4.69, 9.17) is 4.74 Å². The summed E-state index contributed by atoms with van der Waals surface area (Å²) in [6, 6.07) is 0. The molecular formula is C15H23N3O2S. The van der Waals surface area contributed by atoms with Gasteiger partial charge in [-0.25, -0.2) is 4.98 Å². The fourth-order valence-corrected chi connectivity index (χ4v) is 4.34. The Morgan fingerprint density at radius 2 is 2.43 bits per heavy atom. The minimum absolute atomic E-state index is 0.0964. The molecule has 1 aromatic rings. The topological polar surface area (TPSA) is 54.5 Å². The molecule has 1 amide bonds. The predicted molar refractivity (Wildman–Crippen MR) is 82.1 cm³/mol.